The van der Waals surface area contributed by atoms with Crippen LogP contribution in [0.1, 0.15) is 18.4 Å². The van der Waals surface area contributed by atoms with Crippen LogP contribution in [0.5, 0.6) is 0 Å². The van der Waals surface area contributed by atoms with E-state index < -0.39 is 0 Å². The molecule has 72 valence electrons. The second-order valence-electron chi connectivity index (χ2n) is 3.47. The van der Waals surface area contributed by atoms with Crippen molar-refractivity contribution in [3.63, 3.8) is 0 Å². The van der Waals surface area contributed by atoms with Crippen molar-refractivity contribution < 1.29 is 4.79 Å². The molecular formula is C12H11BrO. The summed E-state index contributed by atoms with van der Waals surface area (Å²) in [6, 6.07) is 10.2. The largest absolute Gasteiger partial charge is 0.303 e. The van der Waals surface area contributed by atoms with Crippen LogP contribution in [-0.4, -0.2) is 6.29 Å². The Kier molecular flexibility index (Phi) is 2.82. The minimum Gasteiger partial charge on any atom is -0.303 e. The second-order valence-corrected chi connectivity index (χ2v) is 4.33. The topological polar surface area (TPSA) is 17.1 Å². The molecular weight excluding hydrogens is 240 g/mol. The second kappa shape index (κ2) is 4.09. The van der Waals surface area contributed by atoms with E-state index in [-0.39, 0.29) is 5.92 Å². The van der Waals surface area contributed by atoms with E-state index in [2.05, 4.69) is 28.1 Å². The third kappa shape index (κ3) is 1.67. The zero-order chi connectivity index (χ0) is 9.97. The third-order valence-corrected chi connectivity index (χ3v) is 3.67. The fourth-order valence-corrected chi connectivity index (χ4v) is 2.58. The van der Waals surface area contributed by atoms with Gasteiger partial charge < -0.3 is 4.79 Å². The van der Waals surface area contributed by atoms with Crippen LogP contribution in [0.3, 0.4) is 0 Å². The highest BCUT2D eigenvalue weighted by Crippen LogP contribution is 2.40. The number of allylic oxidation sites excluding steroid dienone is 2. The lowest BCUT2D eigenvalue weighted by Crippen LogP contribution is -1.94. The van der Waals surface area contributed by atoms with Crippen molar-refractivity contribution in [3.8, 4) is 0 Å². The summed E-state index contributed by atoms with van der Waals surface area (Å²) in [5.41, 5.74) is 2.51. The molecule has 0 aliphatic heterocycles. The molecule has 0 amide bonds. The summed E-state index contributed by atoms with van der Waals surface area (Å²) in [5, 5.41) is 0. The molecule has 1 atom stereocenters. The van der Waals surface area contributed by atoms with Gasteiger partial charge in [0.25, 0.3) is 0 Å². The molecule has 14 heavy (non-hydrogen) atoms. The molecule has 0 N–H and O–H groups in total. The van der Waals surface area contributed by atoms with Crippen molar-refractivity contribution in [2.24, 2.45) is 5.92 Å². The van der Waals surface area contributed by atoms with E-state index in [0.717, 1.165) is 23.6 Å². The summed E-state index contributed by atoms with van der Waals surface area (Å²) < 4.78 is 1.07. The van der Waals surface area contributed by atoms with Crippen LogP contribution in [0, 0.1) is 5.92 Å². The highest BCUT2D eigenvalue weighted by molar-refractivity contribution is 9.11. The van der Waals surface area contributed by atoms with Crippen molar-refractivity contribution >= 4 is 27.8 Å². The first-order valence-corrected chi connectivity index (χ1v) is 5.51. The normalized spacial score (nSPS) is 21.4. The molecule has 0 aromatic heterocycles. The van der Waals surface area contributed by atoms with Crippen LogP contribution in [-0.2, 0) is 4.79 Å². The summed E-state index contributed by atoms with van der Waals surface area (Å²) in [6.45, 7) is 0. The third-order valence-electron chi connectivity index (χ3n) is 2.61. The fraction of sp³-hybridized carbons (Fsp3) is 0.250. The highest BCUT2D eigenvalue weighted by Gasteiger charge is 2.23. The maximum absolute atomic E-state index is 10.7. The van der Waals surface area contributed by atoms with Gasteiger partial charge in [-0.05, 0) is 24.0 Å². The van der Waals surface area contributed by atoms with Gasteiger partial charge in [0, 0.05) is 10.4 Å². The van der Waals surface area contributed by atoms with Crippen molar-refractivity contribution in [2.45, 2.75) is 12.8 Å². The maximum Gasteiger partial charge on any atom is 0.128 e. The standard InChI is InChI=1S/C12H11BrO/c13-12-10(8-14)6-7-11(12)9-4-2-1-3-5-9/h1-5,8,10H,6-7H2. The van der Waals surface area contributed by atoms with Crippen LogP contribution in [0.25, 0.3) is 5.57 Å². The van der Waals surface area contributed by atoms with Gasteiger partial charge in [0.1, 0.15) is 6.29 Å². The van der Waals surface area contributed by atoms with E-state index >= 15 is 0 Å². The molecule has 1 aromatic carbocycles. The zero-order valence-corrected chi connectivity index (χ0v) is 9.33. The van der Waals surface area contributed by atoms with Gasteiger partial charge in [0.15, 0.2) is 0 Å². The van der Waals surface area contributed by atoms with Gasteiger partial charge in [0.05, 0.1) is 0 Å². The minimum atomic E-state index is 0.0743. The molecule has 2 rings (SSSR count). The Balaban J connectivity index is 2.37. The number of rotatable bonds is 2. The van der Waals surface area contributed by atoms with Gasteiger partial charge in [-0.25, -0.2) is 0 Å². The predicted molar refractivity (Wildman–Crippen MR) is 61.1 cm³/mol. The summed E-state index contributed by atoms with van der Waals surface area (Å²) in [4.78, 5) is 10.7. The summed E-state index contributed by atoms with van der Waals surface area (Å²) in [6.07, 6.45) is 2.96. The molecule has 0 radical (unpaired) electrons. The predicted octanol–water partition coefficient (Wildman–Crippen LogP) is 3.40. The number of aldehydes is 1. The Morgan fingerprint density at radius 2 is 2.00 bits per heavy atom. The van der Waals surface area contributed by atoms with E-state index in [0.29, 0.717) is 0 Å². The lowest BCUT2D eigenvalue weighted by Gasteiger charge is -2.02. The molecule has 1 nitrogen and oxygen atoms in total. The lowest BCUT2D eigenvalue weighted by molar-refractivity contribution is -0.109. The number of benzene rings is 1. The van der Waals surface area contributed by atoms with Crippen LogP contribution < -0.4 is 0 Å². The number of carbonyl (C=O) groups is 1. The SMILES string of the molecule is O=CC1CCC(c2ccccc2)=C1Br. The number of hydrogen-bond acceptors (Lipinski definition) is 1. The van der Waals surface area contributed by atoms with Gasteiger partial charge in [-0.3, -0.25) is 0 Å². The van der Waals surface area contributed by atoms with E-state index in [4.69, 9.17) is 0 Å². The van der Waals surface area contributed by atoms with Crippen molar-refractivity contribution in [1.82, 2.24) is 0 Å². The van der Waals surface area contributed by atoms with Gasteiger partial charge in [-0.1, -0.05) is 46.3 Å². The summed E-state index contributed by atoms with van der Waals surface area (Å²) in [7, 11) is 0. The Hall–Kier alpha value is -0.890. The molecule has 2 heteroatoms. The Bertz CT molecular complexity index is 367. The molecule has 1 aliphatic rings. The van der Waals surface area contributed by atoms with E-state index in [9.17, 15) is 4.79 Å². The molecule has 1 unspecified atom stereocenters. The zero-order valence-electron chi connectivity index (χ0n) is 7.74. The van der Waals surface area contributed by atoms with Crippen molar-refractivity contribution in [1.29, 1.82) is 0 Å². The molecule has 0 bridgehead atoms. The Morgan fingerprint density at radius 3 is 2.57 bits per heavy atom. The monoisotopic (exact) mass is 250 g/mol. The molecule has 1 aliphatic carbocycles. The first kappa shape index (κ1) is 9.66. The van der Waals surface area contributed by atoms with E-state index in [1.54, 1.807) is 0 Å². The fourth-order valence-electron chi connectivity index (χ4n) is 1.82. The van der Waals surface area contributed by atoms with E-state index in [1.165, 1.54) is 11.1 Å². The van der Waals surface area contributed by atoms with Crippen LogP contribution in [0.15, 0.2) is 34.8 Å². The van der Waals surface area contributed by atoms with E-state index in [1.807, 2.05) is 18.2 Å². The first-order chi connectivity index (χ1) is 6.83. The average Bonchev–Trinajstić information content (AvgIpc) is 2.61. The molecule has 0 saturated carbocycles. The quantitative estimate of drug-likeness (QED) is 0.736. The Labute approximate surface area is 92.0 Å². The lowest BCUT2D eigenvalue weighted by atomic mass is 10.1. The summed E-state index contributed by atoms with van der Waals surface area (Å²) in [5.74, 6) is 0.0743. The number of hydrogen-bond donors (Lipinski definition) is 0. The molecule has 1 aromatic rings. The number of carbonyl (C=O) groups excluding carboxylic acids is 1. The first-order valence-electron chi connectivity index (χ1n) is 4.72. The molecule has 0 spiro atoms. The average molecular weight is 251 g/mol. The molecule has 0 heterocycles. The van der Waals surface area contributed by atoms with Crippen LogP contribution in [0.2, 0.25) is 0 Å². The van der Waals surface area contributed by atoms with Gasteiger partial charge >= 0.3 is 0 Å². The van der Waals surface area contributed by atoms with Gasteiger partial charge in [0.2, 0.25) is 0 Å². The van der Waals surface area contributed by atoms with Gasteiger partial charge in [-0.15, -0.1) is 0 Å². The van der Waals surface area contributed by atoms with Crippen LogP contribution >= 0.6 is 15.9 Å². The van der Waals surface area contributed by atoms with Crippen molar-refractivity contribution in [2.75, 3.05) is 0 Å². The maximum atomic E-state index is 10.7. The molecule has 0 saturated heterocycles. The van der Waals surface area contributed by atoms with Crippen LogP contribution in [0.4, 0.5) is 0 Å². The van der Waals surface area contributed by atoms with Gasteiger partial charge in [-0.2, -0.15) is 0 Å². The number of halogens is 1. The Morgan fingerprint density at radius 1 is 1.29 bits per heavy atom. The molecule has 0 fully saturated rings. The highest BCUT2D eigenvalue weighted by atomic mass is 79.9. The summed E-state index contributed by atoms with van der Waals surface area (Å²) >= 11 is 3.52. The van der Waals surface area contributed by atoms with Crippen molar-refractivity contribution in [3.05, 3.63) is 40.4 Å². The minimum absolute atomic E-state index is 0.0743. The smallest absolute Gasteiger partial charge is 0.128 e.